The highest BCUT2D eigenvalue weighted by Gasteiger charge is 2.03. The summed E-state index contributed by atoms with van der Waals surface area (Å²) >= 11 is 0. The highest BCUT2D eigenvalue weighted by atomic mass is 16.5. The van der Waals surface area contributed by atoms with Gasteiger partial charge in [0.1, 0.15) is 30.5 Å². The second kappa shape index (κ2) is 9.63. The lowest BCUT2D eigenvalue weighted by molar-refractivity contribution is -0.139. The van der Waals surface area contributed by atoms with Crippen LogP contribution in [-0.4, -0.2) is 22.7 Å². The molecule has 1 N–H and O–H groups in total. The number of pyridine rings is 1. The Bertz CT molecular complexity index is 1170. The lowest BCUT2D eigenvalue weighted by Crippen LogP contribution is -2.09. The number of aromatic nitrogens is 1. The number of para-hydroxylation sites is 1. The molecule has 0 spiro atoms. The zero-order valence-corrected chi connectivity index (χ0v) is 16.7. The van der Waals surface area contributed by atoms with Crippen LogP contribution in [0.25, 0.3) is 10.9 Å². The first-order valence-electron chi connectivity index (χ1n) is 9.79. The van der Waals surface area contributed by atoms with Gasteiger partial charge in [-0.1, -0.05) is 42.5 Å². The first-order valence-corrected chi connectivity index (χ1v) is 9.79. The third-order valence-corrected chi connectivity index (χ3v) is 4.54. The van der Waals surface area contributed by atoms with Crippen molar-refractivity contribution in [3.8, 4) is 17.2 Å². The van der Waals surface area contributed by atoms with E-state index in [2.05, 4.69) is 4.98 Å². The first kappa shape index (κ1) is 20.2. The van der Waals surface area contributed by atoms with E-state index in [9.17, 15) is 4.79 Å². The summed E-state index contributed by atoms with van der Waals surface area (Å²) in [6, 6.07) is 26.6. The summed E-state index contributed by atoms with van der Waals surface area (Å²) in [6.07, 6.45) is 0. The van der Waals surface area contributed by atoms with Crippen LogP contribution in [0.1, 0.15) is 11.3 Å². The van der Waals surface area contributed by atoms with Gasteiger partial charge in [0.2, 0.25) is 0 Å². The number of fused-ring (bicyclic) bond motifs is 1. The third kappa shape index (κ3) is 5.73. The van der Waals surface area contributed by atoms with Crippen molar-refractivity contribution >= 4 is 16.9 Å². The Balaban J connectivity index is 1.32. The van der Waals surface area contributed by atoms with Crippen molar-refractivity contribution in [3.05, 3.63) is 96.2 Å². The van der Waals surface area contributed by atoms with Gasteiger partial charge in [-0.2, -0.15) is 0 Å². The monoisotopic (exact) mass is 415 g/mol. The van der Waals surface area contributed by atoms with Gasteiger partial charge in [0.05, 0.1) is 11.2 Å². The third-order valence-electron chi connectivity index (χ3n) is 4.54. The molecule has 0 amide bonds. The van der Waals surface area contributed by atoms with Crippen LogP contribution in [0.15, 0.2) is 84.9 Å². The van der Waals surface area contributed by atoms with Gasteiger partial charge in [0.15, 0.2) is 6.61 Å². The van der Waals surface area contributed by atoms with Crippen molar-refractivity contribution in [2.75, 3.05) is 6.61 Å². The number of carboxylic acid groups (broad SMARTS) is 1. The van der Waals surface area contributed by atoms with Gasteiger partial charge in [-0.3, -0.25) is 0 Å². The molecule has 0 aliphatic heterocycles. The summed E-state index contributed by atoms with van der Waals surface area (Å²) in [6.45, 7) is 0.373. The summed E-state index contributed by atoms with van der Waals surface area (Å²) in [7, 11) is 0. The van der Waals surface area contributed by atoms with E-state index in [-0.39, 0.29) is 6.61 Å². The number of carbonyl (C=O) groups is 1. The lowest BCUT2D eigenvalue weighted by atomic mass is 10.2. The number of carboxylic acids is 1. The van der Waals surface area contributed by atoms with Gasteiger partial charge in [0, 0.05) is 11.5 Å². The molecule has 0 saturated heterocycles. The van der Waals surface area contributed by atoms with Gasteiger partial charge in [0.25, 0.3) is 0 Å². The molecule has 0 aliphatic carbocycles. The van der Waals surface area contributed by atoms with E-state index in [4.69, 9.17) is 19.3 Å². The molecule has 0 saturated carbocycles. The topological polar surface area (TPSA) is 77.9 Å². The molecule has 31 heavy (non-hydrogen) atoms. The smallest absolute Gasteiger partial charge is 0.341 e. The molecule has 3 aromatic carbocycles. The maximum atomic E-state index is 10.5. The molecule has 156 valence electrons. The molecule has 4 rings (SSSR count). The van der Waals surface area contributed by atoms with E-state index in [1.807, 2.05) is 72.8 Å². The number of nitrogens with zero attached hydrogens (tertiary/aromatic N) is 1. The number of benzene rings is 3. The number of ether oxygens (including phenoxy) is 3. The molecule has 6 nitrogen and oxygen atoms in total. The summed E-state index contributed by atoms with van der Waals surface area (Å²) in [4.78, 5) is 15.2. The predicted molar refractivity (Wildman–Crippen MR) is 116 cm³/mol. The summed E-state index contributed by atoms with van der Waals surface area (Å²) in [5, 5.41) is 9.75. The molecule has 0 radical (unpaired) electrons. The standard InChI is InChI=1S/C25H21NO5/c27-25(28)17-31-21-12-8-18(9-13-21)15-29-22-5-3-6-23(14-22)30-16-20-11-10-19-4-1-2-7-24(19)26-20/h1-14H,15-17H2,(H,27,28). The number of hydrogen-bond donors (Lipinski definition) is 1. The van der Waals surface area contributed by atoms with Crippen LogP contribution in [-0.2, 0) is 18.0 Å². The van der Waals surface area contributed by atoms with Gasteiger partial charge >= 0.3 is 5.97 Å². The number of hydrogen-bond acceptors (Lipinski definition) is 5. The quantitative estimate of drug-likeness (QED) is 0.421. The minimum atomic E-state index is -1.01. The van der Waals surface area contributed by atoms with E-state index in [1.165, 1.54) is 0 Å². The average molecular weight is 415 g/mol. The van der Waals surface area contributed by atoms with Crippen LogP contribution in [0.5, 0.6) is 17.2 Å². The minimum absolute atomic E-state index is 0.364. The lowest BCUT2D eigenvalue weighted by Gasteiger charge is -2.10. The van der Waals surface area contributed by atoms with Crippen molar-refractivity contribution in [2.45, 2.75) is 13.2 Å². The molecular formula is C25H21NO5. The summed E-state index contributed by atoms with van der Waals surface area (Å²) in [5.74, 6) is 0.884. The normalized spacial score (nSPS) is 10.6. The molecule has 1 aromatic heterocycles. The SMILES string of the molecule is O=C(O)COc1ccc(COc2cccc(OCc3ccc4ccccc4n3)c2)cc1. The van der Waals surface area contributed by atoms with E-state index >= 15 is 0 Å². The van der Waals surface area contributed by atoms with Crippen LogP contribution in [0.2, 0.25) is 0 Å². The predicted octanol–water partition coefficient (Wildman–Crippen LogP) is 4.86. The Morgan fingerprint density at radius 2 is 1.48 bits per heavy atom. The molecule has 0 bridgehead atoms. The van der Waals surface area contributed by atoms with E-state index in [0.29, 0.717) is 30.5 Å². The molecule has 0 atom stereocenters. The Morgan fingerprint density at radius 1 is 0.742 bits per heavy atom. The summed E-state index contributed by atoms with van der Waals surface area (Å²) < 4.78 is 16.9. The van der Waals surface area contributed by atoms with Crippen LogP contribution in [0.4, 0.5) is 0 Å². The highest BCUT2D eigenvalue weighted by Crippen LogP contribution is 2.22. The first-order chi connectivity index (χ1) is 15.2. The molecule has 1 heterocycles. The van der Waals surface area contributed by atoms with Gasteiger partial charge in [-0.25, -0.2) is 9.78 Å². The van der Waals surface area contributed by atoms with Crippen molar-refractivity contribution in [2.24, 2.45) is 0 Å². The second-order valence-corrected chi connectivity index (χ2v) is 6.87. The van der Waals surface area contributed by atoms with Crippen molar-refractivity contribution in [1.82, 2.24) is 4.98 Å². The Kier molecular flexibility index (Phi) is 6.28. The highest BCUT2D eigenvalue weighted by molar-refractivity contribution is 5.78. The Morgan fingerprint density at radius 3 is 2.26 bits per heavy atom. The number of rotatable bonds is 9. The summed E-state index contributed by atoms with van der Waals surface area (Å²) in [5.41, 5.74) is 2.74. The fraction of sp³-hybridized carbons (Fsp3) is 0.120. The zero-order chi connectivity index (χ0) is 21.5. The molecule has 0 unspecified atom stereocenters. The number of aliphatic carboxylic acids is 1. The van der Waals surface area contributed by atoms with Crippen LogP contribution in [0.3, 0.4) is 0 Å². The average Bonchev–Trinajstić information content (AvgIpc) is 2.81. The Labute approximate surface area is 179 Å². The fourth-order valence-electron chi connectivity index (χ4n) is 2.99. The molecule has 0 aliphatic rings. The Hall–Kier alpha value is -4.06. The van der Waals surface area contributed by atoms with Gasteiger partial charge in [-0.15, -0.1) is 0 Å². The second-order valence-electron chi connectivity index (χ2n) is 6.87. The minimum Gasteiger partial charge on any atom is -0.489 e. The molecule has 6 heteroatoms. The molecule has 0 fully saturated rings. The van der Waals surface area contributed by atoms with E-state index in [0.717, 1.165) is 22.2 Å². The maximum absolute atomic E-state index is 10.5. The zero-order valence-electron chi connectivity index (χ0n) is 16.7. The van der Waals surface area contributed by atoms with Crippen LogP contribution in [0, 0.1) is 0 Å². The molecular weight excluding hydrogens is 394 g/mol. The largest absolute Gasteiger partial charge is 0.489 e. The molecule has 4 aromatic rings. The van der Waals surface area contributed by atoms with Crippen LogP contribution >= 0.6 is 0 Å². The van der Waals surface area contributed by atoms with E-state index in [1.54, 1.807) is 12.1 Å². The van der Waals surface area contributed by atoms with Crippen LogP contribution < -0.4 is 14.2 Å². The van der Waals surface area contributed by atoms with Crippen molar-refractivity contribution < 1.29 is 24.1 Å². The van der Waals surface area contributed by atoms with E-state index < -0.39 is 5.97 Å². The fourth-order valence-corrected chi connectivity index (χ4v) is 2.99. The van der Waals surface area contributed by atoms with Gasteiger partial charge < -0.3 is 19.3 Å². The van der Waals surface area contributed by atoms with Crippen molar-refractivity contribution in [1.29, 1.82) is 0 Å². The van der Waals surface area contributed by atoms with Crippen molar-refractivity contribution in [3.63, 3.8) is 0 Å². The van der Waals surface area contributed by atoms with Gasteiger partial charge in [-0.05, 0) is 42.0 Å². The maximum Gasteiger partial charge on any atom is 0.341 e.